The number of alkyl halides is 3. The van der Waals surface area contributed by atoms with Crippen LogP contribution in [-0.2, 0) is 0 Å². The van der Waals surface area contributed by atoms with Crippen LogP contribution in [0.5, 0.6) is 0 Å². The summed E-state index contributed by atoms with van der Waals surface area (Å²) in [5.74, 6) is 0.627. The molecule has 0 aromatic carbocycles. The fraction of sp³-hybridized carbons (Fsp3) is 1.00. The minimum atomic E-state index is -4.12. The first-order chi connectivity index (χ1) is 7.78. The highest BCUT2D eigenvalue weighted by atomic mass is 19.4. The summed E-state index contributed by atoms with van der Waals surface area (Å²) in [4.78, 5) is 1.47. The second kappa shape index (κ2) is 7.93. The van der Waals surface area contributed by atoms with Gasteiger partial charge in [0.25, 0.3) is 0 Å². The van der Waals surface area contributed by atoms with E-state index in [9.17, 15) is 13.2 Å². The number of halogens is 3. The predicted molar refractivity (Wildman–Crippen MR) is 64.8 cm³/mol. The molecule has 5 heteroatoms. The standard InChI is InChI=1S/C12H25F3N2/c1-4-5-17(9-12(13,14)15)8-11(7-16)6-10(2)3/h10-11H,4-9,16H2,1-3H3. The topological polar surface area (TPSA) is 29.3 Å². The molecule has 1 atom stereocenters. The Hall–Kier alpha value is -0.290. The minimum Gasteiger partial charge on any atom is -0.330 e. The van der Waals surface area contributed by atoms with Gasteiger partial charge in [-0.2, -0.15) is 13.2 Å². The van der Waals surface area contributed by atoms with E-state index < -0.39 is 12.7 Å². The van der Waals surface area contributed by atoms with Crippen molar-refractivity contribution in [2.75, 3.05) is 26.2 Å². The minimum absolute atomic E-state index is 0.156. The van der Waals surface area contributed by atoms with E-state index in [1.807, 2.05) is 6.92 Å². The lowest BCUT2D eigenvalue weighted by Gasteiger charge is -2.28. The summed E-state index contributed by atoms with van der Waals surface area (Å²) in [5, 5.41) is 0. The van der Waals surface area contributed by atoms with Crippen molar-refractivity contribution in [2.45, 2.75) is 39.8 Å². The highest BCUT2D eigenvalue weighted by Crippen LogP contribution is 2.19. The summed E-state index contributed by atoms with van der Waals surface area (Å²) in [7, 11) is 0. The molecule has 0 radical (unpaired) electrons. The van der Waals surface area contributed by atoms with Crippen LogP contribution in [0.1, 0.15) is 33.6 Å². The summed E-state index contributed by atoms with van der Waals surface area (Å²) < 4.78 is 37.1. The Kier molecular flexibility index (Phi) is 7.79. The number of hydrogen-bond donors (Lipinski definition) is 1. The lowest BCUT2D eigenvalue weighted by atomic mass is 9.96. The zero-order valence-corrected chi connectivity index (χ0v) is 11.1. The second-order valence-corrected chi connectivity index (χ2v) is 5.08. The molecule has 0 aromatic heterocycles. The quantitative estimate of drug-likeness (QED) is 0.721. The van der Waals surface area contributed by atoms with Crippen LogP contribution in [0.2, 0.25) is 0 Å². The van der Waals surface area contributed by atoms with Crippen LogP contribution >= 0.6 is 0 Å². The number of nitrogens with zero attached hydrogens (tertiary/aromatic N) is 1. The van der Waals surface area contributed by atoms with E-state index in [4.69, 9.17) is 5.73 Å². The molecular formula is C12H25F3N2. The van der Waals surface area contributed by atoms with E-state index >= 15 is 0 Å². The number of hydrogen-bond acceptors (Lipinski definition) is 2. The first-order valence-electron chi connectivity index (χ1n) is 6.27. The van der Waals surface area contributed by atoms with E-state index in [0.29, 0.717) is 25.6 Å². The maximum absolute atomic E-state index is 12.4. The van der Waals surface area contributed by atoms with Crippen LogP contribution in [0.4, 0.5) is 13.2 Å². The molecule has 0 fully saturated rings. The third kappa shape index (κ3) is 9.41. The Morgan fingerprint density at radius 2 is 1.82 bits per heavy atom. The molecule has 0 amide bonds. The molecule has 2 N–H and O–H groups in total. The fourth-order valence-corrected chi connectivity index (χ4v) is 2.08. The Morgan fingerprint density at radius 1 is 1.24 bits per heavy atom. The number of nitrogens with two attached hydrogens (primary N) is 1. The van der Waals surface area contributed by atoms with Crippen molar-refractivity contribution in [3.05, 3.63) is 0 Å². The molecule has 1 unspecified atom stereocenters. The average Bonchev–Trinajstić information content (AvgIpc) is 2.13. The molecule has 0 bridgehead atoms. The molecule has 0 aliphatic heterocycles. The SMILES string of the molecule is CCCN(CC(CN)CC(C)C)CC(F)(F)F. The van der Waals surface area contributed by atoms with Crippen LogP contribution < -0.4 is 5.73 Å². The molecule has 0 heterocycles. The average molecular weight is 254 g/mol. The lowest BCUT2D eigenvalue weighted by molar-refractivity contribution is -0.147. The van der Waals surface area contributed by atoms with Crippen molar-refractivity contribution < 1.29 is 13.2 Å². The lowest BCUT2D eigenvalue weighted by Crippen LogP contribution is -2.40. The largest absolute Gasteiger partial charge is 0.401 e. The van der Waals surface area contributed by atoms with E-state index in [2.05, 4.69) is 13.8 Å². The molecule has 0 aliphatic carbocycles. The third-order valence-corrected chi connectivity index (χ3v) is 2.60. The predicted octanol–water partition coefficient (Wildman–Crippen LogP) is 2.88. The van der Waals surface area contributed by atoms with Crippen molar-refractivity contribution in [2.24, 2.45) is 17.6 Å². The molecule has 0 saturated heterocycles. The van der Waals surface area contributed by atoms with E-state index in [1.165, 1.54) is 4.90 Å². The maximum Gasteiger partial charge on any atom is 0.401 e. The van der Waals surface area contributed by atoms with Gasteiger partial charge in [-0.05, 0) is 37.8 Å². The van der Waals surface area contributed by atoms with Gasteiger partial charge < -0.3 is 5.73 Å². The maximum atomic E-state index is 12.4. The normalized spacial score (nSPS) is 14.6. The molecule has 0 spiro atoms. The van der Waals surface area contributed by atoms with Crippen molar-refractivity contribution in [3.8, 4) is 0 Å². The van der Waals surface area contributed by atoms with E-state index in [0.717, 1.165) is 12.8 Å². The molecular weight excluding hydrogens is 229 g/mol. The monoisotopic (exact) mass is 254 g/mol. The van der Waals surface area contributed by atoms with Gasteiger partial charge >= 0.3 is 6.18 Å². The first kappa shape index (κ1) is 16.7. The van der Waals surface area contributed by atoms with Gasteiger partial charge in [-0.15, -0.1) is 0 Å². The van der Waals surface area contributed by atoms with Crippen molar-refractivity contribution in [3.63, 3.8) is 0 Å². The van der Waals surface area contributed by atoms with Crippen LogP contribution in [0.3, 0.4) is 0 Å². The van der Waals surface area contributed by atoms with Crippen LogP contribution in [-0.4, -0.2) is 37.3 Å². The highest BCUT2D eigenvalue weighted by Gasteiger charge is 2.31. The van der Waals surface area contributed by atoms with Crippen LogP contribution in [0.15, 0.2) is 0 Å². The van der Waals surface area contributed by atoms with Gasteiger partial charge in [0.2, 0.25) is 0 Å². The van der Waals surface area contributed by atoms with E-state index in [-0.39, 0.29) is 5.92 Å². The van der Waals surface area contributed by atoms with E-state index in [1.54, 1.807) is 0 Å². The molecule has 0 saturated carbocycles. The van der Waals surface area contributed by atoms with Gasteiger partial charge in [-0.25, -0.2) is 0 Å². The van der Waals surface area contributed by atoms with Gasteiger partial charge in [0.15, 0.2) is 0 Å². The Balaban J connectivity index is 4.29. The molecule has 0 rings (SSSR count). The molecule has 17 heavy (non-hydrogen) atoms. The fourth-order valence-electron chi connectivity index (χ4n) is 2.08. The summed E-state index contributed by atoms with van der Waals surface area (Å²) in [6.45, 7) is 6.58. The Bertz CT molecular complexity index is 193. The molecule has 104 valence electrons. The summed E-state index contributed by atoms with van der Waals surface area (Å²) in [6, 6.07) is 0. The van der Waals surface area contributed by atoms with Gasteiger partial charge in [0.05, 0.1) is 6.54 Å². The molecule has 0 aromatic rings. The Labute approximate surface area is 102 Å². The van der Waals surface area contributed by atoms with Crippen LogP contribution in [0.25, 0.3) is 0 Å². The molecule has 0 aliphatic rings. The third-order valence-electron chi connectivity index (χ3n) is 2.60. The van der Waals surface area contributed by atoms with Gasteiger partial charge in [-0.3, -0.25) is 4.90 Å². The zero-order chi connectivity index (χ0) is 13.5. The highest BCUT2D eigenvalue weighted by molar-refractivity contribution is 4.70. The van der Waals surface area contributed by atoms with Gasteiger partial charge in [-0.1, -0.05) is 20.8 Å². The Morgan fingerprint density at radius 3 is 2.18 bits per heavy atom. The number of rotatable bonds is 8. The van der Waals surface area contributed by atoms with Gasteiger partial charge in [0, 0.05) is 6.54 Å². The summed E-state index contributed by atoms with van der Waals surface area (Å²) in [5.41, 5.74) is 5.62. The van der Waals surface area contributed by atoms with Gasteiger partial charge in [0.1, 0.15) is 0 Å². The van der Waals surface area contributed by atoms with Crippen LogP contribution in [0, 0.1) is 11.8 Å². The molecule has 2 nitrogen and oxygen atoms in total. The smallest absolute Gasteiger partial charge is 0.330 e. The first-order valence-corrected chi connectivity index (χ1v) is 6.27. The summed E-state index contributed by atoms with van der Waals surface area (Å²) >= 11 is 0. The zero-order valence-electron chi connectivity index (χ0n) is 11.1. The van der Waals surface area contributed by atoms with Crippen molar-refractivity contribution in [1.29, 1.82) is 0 Å². The summed E-state index contributed by atoms with van der Waals surface area (Å²) in [6.07, 6.45) is -2.50. The second-order valence-electron chi connectivity index (χ2n) is 5.08. The van der Waals surface area contributed by atoms with Crippen molar-refractivity contribution >= 4 is 0 Å². The van der Waals surface area contributed by atoms with Crippen molar-refractivity contribution in [1.82, 2.24) is 4.90 Å².